The number of hydrogen-bond donors (Lipinski definition) is 1. The van der Waals surface area contributed by atoms with Crippen molar-refractivity contribution in [1.29, 1.82) is 0 Å². The van der Waals surface area contributed by atoms with Gasteiger partial charge in [0.1, 0.15) is 0 Å². The molecule has 0 amide bonds. The first-order valence-electron chi connectivity index (χ1n) is 5.34. The van der Waals surface area contributed by atoms with Crippen LogP contribution >= 0.6 is 34.5 Å². The van der Waals surface area contributed by atoms with Crippen molar-refractivity contribution in [3.8, 4) is 10.7 Å². The minimum Gasteiger partial charge on any atom is -0.337 e. The molecular weight excluding hydrogens is 289 g/mol. The molecule has 1 aromatic carbocycles. The van der Waals surface area contributed by atoms with Crippen LogP contribution in [0.25, 0.3) is 21.7 Å². The fraction of sp³-hybridized carbons (Fsp3) is 0.167. The molecule has 0 spiro atoms. The standard InChI is InChI=1S/C12H9Cl2N3S/c1-5-11(18-6(2)15-5)12-16-9-3-7(13)8(14)4-10(9)17-12/h3-4H,1-2H3,(H,16,17). The highest BCUT2D eigenvalue weighted by Gasteiger charge is 2.13. The Morgan fingerprint density at radius 1 is 1.11 bits per heavy atom. The average molecular weight is 298 g/mol. The van der Waals surface area contributed by atoms with Gasteiger partial charge in [0.2, 0.25) is 0 Å². The molecule has 2 aromatic heterocycles. The zero-order valence-electron chi connectivity index (χ0n) is 9.71. The Kier molecular flexibility index (Phi) is 2.81. The number of hydrogen-bond acceptors (Lipinski definition) is 3. The van der Waals surface area contributed by atoms with Gasteiger partial charge in [-0.1, -0.05) is 23.2 Å². The van der Waals surface area contributed by atoms with Crippen LogP contribution in [0.5, 0.6) is 0 Å². The molecule has 3 aromatic rings. The number of aryl methyl sites for hydroxylation is 2. The van der Waals surface area contributed by atoms with Crippen LogP contribution in [-0.4, -0.2) is 15.0 Å². The lowest BCUT2D eigenvalue weighted by atomic mass is 10.3. The lowest BCUT2D eigenvalue weighted by Crippen LogP contribution is -1.79. The van der Waals surface area contributed by atoms with Gasteiger partial charge in [-0.15, -0.1) is 11.3 Å². The molecule has 1 N–H and O–H groups in total. The normalized spacial score (nSPS) is 11.3. The number of benzene rings is 1. The molecule has 92 valence electrons. The summed E-state index contributed by atoms with van der Waals surface area (Å²) in [4.78, 5) is 13.2. The summed E-state index contributed by atoms with van der Waals surface area (Å²) < 4.78 is 0. The number of fused-ring (bicyclic) bond motifs is 1. The van der Waals surface area contributed by atoms with Gasteiger partial charge in [0.15, 0.2) is 5.82 Å². The van der Waals surface area contributed by atoms with E-state index < -0.39 is 0 Å². The summed E-state index contributed by atoms with van der Waals surface area (Å²) in [5.74, 6) is 0.812. The number of imidazole rings is 1. The first-order chi connectivity index (χ1) is 8.54. The molecule has 0 saturated heterocycles. The maximum atomic E-state index is 5.99. The van der Waals surface area contributed by atoms with Crippen molar-refractivity contribution in [1.82, 2.24) is 15.0 Å². The van der Waals surface area contributed by atoms with Gasteiger partial charge >= 0.3 is 0 Å². The van der Waals surface area contributed by atoms with Gasteiger partial charge in [-0.3, -0.25) is 0 Å². The number of nitrogens with zero attached hydrogens (tertiary/aromatic N) is 2. The fourth-order valence-electron chi connectivity index (χ4n) is 1.86. The molecule has 0 saturated carbocycles. The number of aromatic nitrogens is 3. The van der Waals surface area contributed by atoms with Gasteiger partial charge in [-0.05, 0) is 26.0 Å². The maximum absolute atomic E-state index is 5.99. The van der Waals surface area contributed by atoms with E-state index in [1.165, 1.54) is 0 Å². The number of aromatic amines is 1. The molecule has 0 aliphatic carbocycles. The maximum Gasteiger partial charge on any atom is 0.150 e. The molecule has 3 rings (SSSR count). The molecule has 0 unspecified atom stereocenters. The minimum atomic E-state index is 0.513. The van der Waals surface area contributed by atoms with Crippen LogP contribution in [0.2, 0.25) is 10.0 Å². The Bertz CT molecular complexity index is 706. The molecule has 0 fully saturated rings. The number of halogens is 2. The summed E-state index contributed by atoms with van der Waals surface area (Å²) in [6.45, 7) is 3.96. The van der Waals surface area contributed by atoms with Crippen molar-refractivity contribution in [3.63, 3.8) is 0 Å². The van der Waals surface area contributed by atoms with Gasteiger partial charge < -0.3 is 4.98 Å². The second-order valence-corrected chi connectivity index (χ2v) is 6.03. The van der Waals surface area contributed by atoms with E-state index >= 15 is 0 Å². The van der Waals surface area contributed by atoms with Crippen molar-refractivity contribution in [3.05, 3.63) is 32.9 Å². The lowest BCUT2D eigenvalue weighted by Gasteiger charge is -1.93. The largest absolute Gasteiger partial charge is 0.337 e. The Morgan fingerprint density at radius 3 is 2.50 bits per heavy atom. The molecule has 0 aliphatic heterocycles. The smallest absolute Gasteiger partial charge is 0.150 e. The number of nitrogens with one attached hydrogen (secondary N) is 1. The Morgan fingerprint density at radius 2 is 1.83 bits per heavy atom. The van der Waals surface area contributed by atoms with E-state index in [2.05, 4.69) is 15.0 Å². The van der Waals surface area contributed by atoms with Gasteiger partial charge in [0.25, 0.3) is 0 Å². The van der Waals surface area contributed by atoms with Crippen LogP contribution in [0.3, 0.4) is 0 Å². The molecule has 0 bridgehead atoms. The van der Waals surface area contributed by atoms with E-state index in [1.54, 1.807) is 23.5 Å². The summed E-state index contributed by atoms with van der Waals surface area (Å²) in [5.41, 5.74) is 2.67. The van der Waals surface area contributed by atoms with E-state index in [4.69, 9.17) is 23.2 Å². The van der Waals surface area contributed by atoms with Crippen LogP contribution < -0.4 is 0 Å². The molecule has 0 atom stereocenters. The third kappa shape index (κ3) is 1.90. The zero-order chi connectivity index (χ0) is 12.9. The summed E-state index contributed by atoms with van der Waals surface area (Å²) in [6.07, 6.45) is 0. The number of thiazole rings is 1. The highest BCUT2D eigenvalue weighted by molar-refractivity contribution is 7.15. The van der Waals surface area contributed by atoms with E-state index in [1.807, 2.05) is 13.8 Å². The summed E-state index contributed by atoms with van der Waals surface area (Å²) in [5, 5.41) is 2.06. The topological polar surface area (TPSA) is 41.6 Å². The van der Waals surface area contributed by atoms with Crippen molar-refractivity contribution in [2.75, 3.05) is 0 Å². The predicted octanol–water partition coefficient (Wildman–Crippen LogP) is 4.61. The molecule has 2 heterocycles. The fourth-order valence-corrected chi connectivity index (χ4v) is 3.05. The highest BCUT2D eigenvalue weighted by Crippen LogP contribution is 2.32. The summed E-state index contributed by atoms with van der Waals surface area (Å²) in [6, 6.07) is 3.56. The molecule has 6 heteroatoms. The lowest BCUT2D eigenvalue weighted by molar-refractivity contribution is 1.19. The Hall–Kier alpha value is -1.10. The van der Waals surface area contributed by atoms with Crippen LogP contribution in [0.15, 0.2) is 12.1 Å². The SMILES string of the molecule is Cc1nc(C)c(-c2nc3cc(Cl)c(Cl)cc3[nH]2)s1. The van der Waals surface area contributed by atoms with E-state index in [-0.39, 0.29) is 0 Å². The van der Waals surface area contributed by atoms with Crippen molar-refractivity contribution < 1.29 is 0 Å². The van der Waals surface area contributed by atoms with Crippen molar-refractivity contribution in [2.24, 2.45) is 0 Å². The monoisotopic (exact) mass is 297 g/mol. The molecule has 18 heavy (non-hydrogen) atoms. The second kappa shape index (κ2) is 4.23. The Labute approximate surface area is 118 Å². The van der Waals surface area contributed by atoms with Crippen molar-refractivity contribution >= 4 is 45.6 Å². The molecule has 3 nitrogen and oxygen atoms in total. The first-order valence-corrected chi connectivity index (χ1v) is 6.91. The average Bonchev–Trinajstić information content (AvgIpc) is 2.82. The van der Waals surface area contributed by atoms with Gasteiger partial charge in [-0.2, -0.15) is 0 Å². The number of H-pyrrole nitrogens is 1. The van der Waals surface area contributed by atoms with Gasteiger partial charge in [-0.25, -0.2) is 9.97 Å². The van der Waals surface area contributed by atoms with Gasteiger partial charge in [0, 0.05) is 0 Å². The Balaban J connectivity index is 2.22. The van der Waals surface area contributed by atoms with Crippen LogP contribution in [0, 0.1) is 13.8 Å². The third-order valence-corrected chi connectivity index (χ3v) is 4.44. The first kappa shape index (κ1) is 12.0. The zero-order valence-corrected chi connectivity index (χ0v) is 12.0. The summed E-state index contributed by atoms with van der Waals surface area (Å²) >= 11 is 13.6. The minimum absolute atomic E-state index is 0.513. The number of rotatable bonds is 1. The van der Waals surface area contributed by atoms with E-state index in [0.29, 0.717) is 10.0 Å². The second-order valence-electron chi connectivity index (χ2n) is 4.02. The van der Waals surface area contributed by atoms with E-state index in [0.717, 1.165) is 32.4 Å². The molecule has 0 aliphatic rings. The van der Waals surface area contributed by atoms with Crippen LogP contribution in [-0.2, 0) is 0 Å². The molecule has 0 radical (unpaired) electrons. The van der Waals surface area contributed by atoms with Crippen LogP contribution in [0.4, 0.5) is 0 Å². The quantitative estimate of drug-likeness (QED) is 0.712. The molecular formula is C12H9Cl2N3S. The van der Waals surface area contributed by atoms with Crippen LogP contribution in [0.1, 0.15) is 10.7 Å². The summed E-state index contributed by atoms with van der Waals surface area (Å²) in [7, 11) is 0. The van der Waals surface area contributed by atoms with Crippen molar-refractivity contribution in [2.45, 2.75) is 13.8 Å². The third-order valence-electron chi connectivity index (χ3n) is 2.64. The highest BCUT2D eigenvalue weighted by atomic mass is 35.5. The van der Waals surface area contributed by atoms with E-state index in [9.17, 15) is 0 Å². The predicted molar refractivity (Wildman–Crippen MR) is 76.7 cm³/mol. The van der Waals surface area contributed by atoms with Gasteiger partial charge in [0.05, 0.1) is 36.7 Å².